The Bertz CT molecular complexity index is 782. The van der Waals surface area contributed by atoms with Crippen molar-refractivity contribution in [1.29, 1.82) is 5.26 Å². The largest absolute Gasteiger partial charge is 0.464 e. The average Bonchev–Trinajstić information content (AvgIpc) is 3.22. The highest BCUT2D eigenvalue weighted by molar-refractivity contribution is 5.96. The summed E-state index contributed by atoms with van der Waals surface area (Å²) in [5, 5.41) is 9.18. The fourth-order valence-electron chi connectivity index (χ4n) is 2.93. The number of nitriles is 1. The molecular weight excluding hydrogens is 292 g/mol. The predicted octanol–water partition coefficient (Wildman–Crippen LogP) is 2.32. The number of methoxy groups -OCH3 is 1. The number of benzene rings is 1. The molecule has 3 rings (SSSR count). The number of rotatable bonds is 3. The number of esters is 1. The van der Waals surface area contributed by atoms with Crippen LogP contribution in [0.25, 0.3) is 5.69 Å². The zero-order chi connectivity index (χ0) is 16.4. The topological polar surface area (TPSA) is 84.3 Å². The second-order valence-corrected chi connectivity index (χ2v) is 5.49. The Kier molecular flexibility index (Phi) is 3.94. The Labute approximate surface area is 134 Å². The molecule has 6 nitrogen and oxygen atoms in total. The number of hydrogen-bond acceptors (Lipinski definition) is 5. The van der Waals surface area contributed by atoms with Gasteiger partial charge >= 0.3 is 5.97 Å². The third-order valence-corrected chi connectivity index (χ3v) is 4.12. The van der Waals surface area contributed by atoms with E-state index >= 15 is 0 Å². The van der Waals surface area contributed by atoms with Gasteiger partial charge in [-0.05, 0) is 31.0 Å². The minimum Gasteiger partial charge on any atom is -0.464 e. The summed E-state index contributed by atoms with van der Waals surface area (Å²) in [6.07, 6.45) is 3.95. The molecule has 6 heteroatoms. The molecule has 118 valence electrons. The van der Waals surface area contributed by atoms with Crippen LogP contribution >= 0.6 is 0 Å². The first-order chi connectivity index (χ1) is 11.2. The van der Waals surface area contributed by atoms with Crippen molar-refractivity contribution in [3.63, 3.8) is 0 Å². The predicted molar refractivity (Wildman–Crippen MR) is 87.7 cm³/mol. The molecule has 23 heavy (non-hydrogen) atoms. The van der Waals surface area contributed by atoms with E-state index in [1.54, 1.807) is 10.8 Å². The lowest BCUT2D eigenvalue weighted by molar-refractivity contribution is 0.0593. The number of aromatic nitrogens is 1. The van der Waals surface area contributed by atoms with Crippen LogP contribution in [0.3, 0.4) is 0 Å². The lowest BCUT2D eigenvalue weighted by atomic mass is 10.2. The molecule has 0 aliphatic carbocycles. The summed E-state index contributed by atoms with van der Waals surface area (Å²) in [6.45, 7) is 2.06. The minimum atomic E-state index is -0.560. The zero-order valence-corrected chi connectivity index (χ0v) is 13.0. The molecule has 0 saturated carbocycles. The van der Waals surface area contributed by atoms with Gasteiger partial charge < -0.3 is 19.9 Å². The molecule has 0 unspecified atom stereocenters. The average molecular weight is 310 g/mol. The fourth-order valence-corrected chi connectivity index (χ4v) is 2.93. The Morgan fingerprint density at radius 2 is 2.00 bits per heavy atom. The summed E-state index contributed by atoms with van der Waals surface area (Å²) < 4.78 is 6.43. The van der Waals surface area contributed by atoms with Crippen molar-refractivity contribution in [2.24, 2.45) is 0 Å². The number of nitrogen functional groups attached to an aromatic ring is 1. The fraction of sp³-hybridized carbons (Fsp3) is 0.294. The third-order valence-electron chi connectivity index (χ3n) is 4.12. The maximum Gasteiger partial charge on any atom is 0.357 e. The number of carbonyl (C=O) groups excluding carboxylic acids is 1. The van der Waals surface area contributed by atoms with Gasteiger partial charge in [-0.25, -0.2) is 4.79 Å². The highest BCUT2D eigenvalue weighted by atomic mass is 16.5. The molecule has 2 aromatic rings. The molecule has 1 aliphatic heterocycles. The first-order valence-corrected chi connectivity index (χ1v) is 7.50. The third kappa shape index (κ3) is 2.61. The summed E-state index contributed by atoms with van der Waals surface area (Å²) in [7, 11) is 1.30. The summed E-state index contributed by atoms with van der Waals surface area (Å²) in [6, 6.07) is 9.87. The molecule has 2 heterocycles. The molecule has 1 fully saturated rings. The van der Waals surface area contributed by atoms with Crippen molar-refractivity contribution in [1.82, 2.24) is 4.57 Å². The van der Waals surface area contributed by atoms with Crippen LogP contribution in [0.2, 0.25) is 0 Å². The number of nitrogens with two attached hydrogens (primary N) is 1. The van der Waals surface area contributed by atoms with Crippen molar-refractivity contribution in [3.05, 3.63) is 41.7 Å². The van der Waals surface area contributed by atoms with Gasteiger partial charge in [0.15, 0.2) is 5.69 Å². The monoisotopic (exact) mass is 310 g/mol. The van der Waals surface area contributed by atoms with E-state index in [1.165, 1.54) is 20.0 Å². The van der Waals surface area contributed by atoms with Gasteiger partial charge in [0, 0.05) is 30.7 Å². The van der Waals surface area contributed by atoms with Gasteiger partial charge in [-0.2, -0.15) is 5.26 Å². The second kappa shape index (κ2) is 6.05. The highest BCUT2D eigenvalue weighted by Gasteiger charge is 2.22. The van der Waals surface area contributed by atoms with E-state index < -0.39 is 5.97 Å². The molecule has 1 aromatic heterocycles. The van der Waals surface area contributed by atoms with Gasteiger partial charge in [-0.15, -0.1) is 0 Å². The van der Waals surface area contributed by atoms with E-state index in [9.17, 15) is 10.1 Å². The number of carbonyl (C=O) groups is 1. The lowest BCUT2D eigenvalue weighted by Gasteiger charge is -2.19. The van der Waals surface area contributed by atoms with Gasteiger partial charge in [0.05, 0.1) is 18.4 Å². The molecule has 2 N–H and O–H groups in total. The lowest BCUT2D eigenvalue weighted by Crippen LogP contribution is -2.18. The van der Waals surface area contributed by atoms with Crippen molar-refractivity contribution in [2.45, 2.75) is 12.8 Å². The quantitative estimate of drug-likeness (QED) is 0.879. The van der Waals surface area contributed by atoms with Gasteiger partial charge in [0.1, 0.15) is 6.07 Å². The molecule has 0 spiro atoms. The number of anilines is 2. The van der Waals surface area contributed by atoms with Gasteiger partial charge in [-0.3, -0.25) is 0 Å². The molecule has 0 atom stereocenters. The van der Waals surface area contributed by atoms with E-state index in [4.69, 9.17) is 10.5 Å². The van der Waals surface area contributed by atoms with Gasteiger partial charge in [-0.1, -0.05) is 6.07 Å². The molecule has 1 aromatic carbocycles. The van der Waals surface area contributed by atoms with Crippen molar-refractivity contribution in [2.75, 3.05) is 30.8 Å². The van der Waals surface area contributed by atoms with E-state index in [0.717, 1.165) is 24.5 Å². The molecular formula is C17H18N4O2. The smallest absolute Gasteiger partial charge is 0.357 e. The first kappa shape index (κ1) is 15.0. The number of ether oxygens (including phenoxy) is 1. The SMILES string of the molecule is COC(=O)c1c(N)c(C#N)cn1-c1cccc(N2CCCC2)c1. The maximum absolute atomic E-state index is 12.1. The molecule has 0 amide bonds. The van der Waals surface area contributed by atoms with E-state index in [-0.39, 0.29) is 16.9 Å². The molecule has 0 bridgehead atoms. The van der Waals surface area contributed by atoms with Crippen LogP contribution < -0.4 is 10.6 Å². The highest BCUT2D eigenvalue weighted by Crippen LogP contribution is 2.28. The van der Waals surface area contributed by atoms with E-state index in [2.05, 4.69) is 4.90 Å². The van der Waals surface area contributed by atoms with Crippen LogP contribution in [-0.4, -0.2) is 30.7 Å². The normalized spacial score (nSPS) is 13.8. The zero-order valence-electron chi connectivity index (χ0n) is 13.0. The van der Waals surface area contributed by atoms with Crippen LogP contribution in [-0.2, 0) is 4.74 Å². The summed E-state index contributed by atoms with van der Waals surface area (Å²) in [4.78, 5) is 14.4. The van der Waals surface area contributed by atoms with E-state index in [1.807, 2.05) is 30.3 Å². The number of hydrogen-bond donors (Lipinski definition) is 1. The maximum atomic E-state index is 12.1. The van der Waals surface area contributed by atoms with Crippen LogP contribution in [0.15, 0.2) is 30.5 Å². The van der Waals surface area contributed by atoms with Crippen LogP contribution in [0.1, 0.15) is 28.9 Å². The second-order valence-electron chi connectivity index (χ2n) is 5.49. The van der Waals surface area contributed by atoms with Crippen LogP contribution in [0.4, 0.5) is 11.4 Å². The van der Waals surface area contributed by atoms with E-state index in [0.29, 0.717) is 0 Å². The van der Waals surface area contributed by atoms with Gasteiger partial charge in [0.2, 0.25) is 0 Å². The first-order valence-electron chi connectivity index (χ1n) is 7.50. The van der Waals surface area contributed by atoms with Gasteiger partial charge in [0.25, 0.3) is 0 Å². The Balaban J connectivity index is 2.09. The Hall–Kier alpha value is -2.94. The Morgan fingerprint density at radius 1 is 1.30 bits per heavy atom. The Morgan fingerprint density at radius 3 is 2.65 bits per heavy atom. The molecule has 0 radical (unpaired) electrons. The minimum absolute atomic E-state index is 0.144. The summed E-state index contributed by atoms with van der Waals surface area (Å²) in [5.74, 6) is -0.560. The molecule has 1 aliphatic rings. The molecule has 1 saturated heterocycles. The van der Waals surface area contributed by atoms with Crippen molar-refractivity contribution >= 4 is 17.3 Å². The summed E-state index contributed by atoms with van der Waals surface area (Å²) >= 11 is 0. The van der Waals surface area contributed by atoms with Crippen molar-refractivity contribution < 1.29 is 9.53 Å². The van der Waals surface area contributed by atoms with Crippen molar-refractivity contribution in [3.8, 4) is 11.8 Å². The van der Waals surface area contributed by atoms with Crippen LogP contribution in [0.5, 0.6) is 0 Å². The number of nitrogens with zero attached hydrogens (tertiary/aromatic N) is 3. The summed E-state index contributed by atoms with van der Waals surface area (Å²) in [5.41, 5.74) is 8.40. The standard InChI is InChI=1S/C17H18N4O2/c1-23-17(22)16-15(19)12(10-18)11-21(16)14-6-4-5-13(9-14)20-7-2-3-8-20/h4-6,9,11H,2-3,7-8,19H2,1H3. The van der Waals surface area contributed by atoms with Crippen LogP contribution in [0, 0.1) is 11.3 Å².